The van der Waals surface area contributed by atoms with E-state index in [1.54, 1.807) is 19.1 Å². The third-order valence-electron chi connectivity index (χ3n) is 2.55. The number of nitrogens with one attached hydrogen (secondary N) is 1. The van der Waals surface area contributed by atoms with Gasteiger partial charge in [0.25, 0.3) is 10.0 Å². The maximum Gasteiger partial charge on any atom is 0.262 e. The molecule has 7 heteroatoms. The Kier molecular flexibility index (Phi) is 3.64. The second-order valence-corrected chi connectivity index (χ2v) is 6.01. The lowest BCUT2D eigenvalue weighted by Gasteiger charge is -2.10. The van der Waals surface area contributed by atoms with Crippen LogP contribution in [-0.4, -0.2) is 13.4 Å². The summed E-state index contributed by atoms with van der Waals surface area (Å²) in [5, 5.41) is 0.0956. The van der Waals surface area contributed by atoms with Gasteiger partial charge in [0.05, 0.1) is 10.6 Å². The lowest BCUT2D eigenvalue weighted by molar-refractivity contribution is 0.601. The molecule has 2 aromatic rings. The molecule has 0 radical (unpaired) electrons. The van der Waals surface area contributed by atoms with E-state index in [9.17, 15) is 8.42 Å². The van der Waals surface area contributed by atoms with Crippen LogP contribution in [0.2, 0.25) is 5.15 Å². The van der Waals surface area contributed by atoms with Crippen molar-refractivity contribution in [2.24, 2.45) is 0 Å². The zero-order valence-electron chi connectivity index (χ0n) is 10.1. The standard InChI is InChI=1S/C12H12ClN3O2S/c1-8-7-9(4-5-10(8)14)19(17,18)16-11-3-2-6-15-12(11)13/h2-7,16H,14H2,1H3. The van der Waals surface area contributed by atoms with Crippen LogP contribution in [0.5, 0.6) is 0 Å². The Morgan fingerprint density at radius 2 is 2.05 bits per heavy atom. The Labute approximate surface area is 116 Å². The van der Waals surface area contributed by atoms with Crippen molar-refractivity contribution in [2.75, 3.05) is 10.5 Å². The molecule has 0 spiro atoms. The van der Waals surface area contributed by atoms with Crippen LogP contribution in [0.3, 0.4) is 0 Å². The SMILES string of the molecule is Cc1cc(S(=O)(=O)Nc2cccnc2Cl)ccc1N. The highest BCUT2D eigenvalue weighted by molar-refractivity contribution is 7.92. The number of hydrogen-bond donors (Lipinski definition) is 2. The van der Waals surface area contributed by atoms with Crippen molar-refractivity contribution in [3.63, 3.8) is 0 Å². The van der Waals surface area contributed by atoms with E-state index in [2.05, 4.69) is 9.71 Å². The molecule has 1 aromatic heterocycles. The highest BCUT2D eigenvalue weighted by Crippen LogP contribution is 2.23. The van der Waals surface area contributed by atoms with Crippen LogP contribution in [0.4, 0.5) is 11.4 Å². The van der Waals surface area contributed by atoms with Crippen LogP contribution in [-0.2, 0) is 10.0 Å². The normalized spacial score (nSPS) is 11.3. The summed E-state index contributed by atoms with van der Waals surface area (Å²) in [5.74, 6) is 0. The number of sulfonamides is 1. The molecule has 0 fully saturated rings. The Morgan fingerprint density at radius 1 is 1.32 bits per heavy atom. The van der Waals surface area contributed by atoms with Gasteiger partial charge >= 0.3 is 0 Å². The van der Waals surface area contributed by atoms with Gasteiger partial charge in [0.2, 0.25) is 0 Å². The number of nitrogens with zero attached hydrogens (tertiary/aromatic N) is 1. The number of nitrogen functional groups attached to an aromatic ring is 1. The van der Waals surface area contributed by atoms with Gasteiger partial charge in [0.15, 0.2) is 5.15 Å². The van der Waals surface area contributed by atoms with Gasteiger partial charge in [-0.3, -0.25) is 4.72 Å². The molecule has 1 aromatic carbocycles. The topological polar surface area (TPSA) is 85.1 Å². The maximum atomic E-state index is 12.2. The molecule has 100 valence electrons. The first-order chi connectivity index (χ1) is 8.90. The number of anilines is 2. The molecule has 0 aliphatic rings. The van der Waals surface area contributed by atoms with E-state index >= 15 is 0 Å². The molecule has 3 N–H and O–H groups in total. The summed E-state index contributed by atoms with van der Waals surface area (Å²) in [5.41, 5.74) is 7.13. The first-order valence-electron chi connectivity index (χ1n) is 5.39. The molecule has 1 heterocycles. The molecule has 19 heavy (non-hydrogen) atoms. The van der Waals surface area contributed by atoms with Crippen molar-refractivity contribution < 1.29 is 8.42 Å². The molecule has 5 nitrogen and oxygen atoms in total. The smallest absolute Gasteiger partial charge is 0.262 e. The summed E-state index contributed by atoms with van der Waals surface area (Å²) >= 11 is 5.82. The van der Waals surface area contributed by atoms with Gasteiger partial charge in [-0.25, -0.2) is 13.4 Å². The second kappa shape index (κ2) is 5.07. The number of rotatable bonds is 3. The minimum atomic E-state index is -3.71. The molecule has 0 bridgehead atoms. The molecule has 0 aliphatic heterocycles. The number of aryl methyl sites for hydroxylation is 1. The summed E-state index contributed by atoms with van der Waals surface area (Å²) in [6, 6.07) is 7.63. The predicted octanol–water partition coefficient (Wildman–Crippen LogP) is 2.43. The van der Waals surface area contributed by atoms with E-state index in [0.717, 1.165) is 0 Å². The number of aromatic nitrogens is 1. The van der Waals surface area contributed by atoms with Crippen molar-refractivity contribution >= 4 is 33.0 Å². The highest BCUT2D eigenvalue weighted by atomic mass is 35.5. The fraction of sp³-hybridized carbons (Fsp3) is 0.0833. The van der Waals surface area contributed by atoms with E-state index in [0.29, 0.717) is 11.3 Å². The van der Waals surface area contributed by atoms with E-state index in [-0.39, 0.29) is 15.7 Å². The highest BCUT2D eigenvalue weighted by Gasteiger charge is 2.16. The Hall–Kier alpha value is -1.79. The summed E-state index contributed by atoms with van der Waals surface area (Å²) in [6.07, 6.45) is 1.48. The van der Waals surface area contributed by atoms with Crippen LogP contribution in [0.25, 0.3) is 0 Å². The molecule has 2 rings (SSSR count). The minimum Gasteiger partial charge on any atom is -0.399 e. The Balaban J connectivity index is 2.38. The summed E-state index contributed by atoms with van der Waals surface area (Å²) in [7, 11) is -3.71. The van der Waals surface area contributed by atoms with Crippen LogP contribution in [0.15, 0.2) is 41.4 Å². The van der Waals surface area contributed by atoms with Crippen molar-refractivity contribution in [3.8, 4) is 0 Å². The zero-order valence-corrected chi connectivity index (χ0v) is 11.7. The fourth-order valence-electron chi connectivity index (χ4n) is 1.48. The molecule has 0 amide bonds. The number of halogens is 1. The molecule has 0 saturated heterocycles. The largest absolute Gasteiger partial charge is 0.399 e. The number of nitrogens with two attached hydrogens (primary N) is 1. The molecule has 0 saturated carbocycles. The Bertz CT molecular complexity index is 717. The monoisotopic (exact) mass is 297 g/mol. The van der Waals surface area contributed by atoms with Gasteiger partial charge in [-0.2, -0.15) is 0 Å². The van der Waals surface area contributed by atoms with Crippen LogP contribution >= 0.6 is 11.6 Å². The predicted molar refractivity (Wildman–Crippen MR) is 75.6 cm³/mol. The van der Waals surface area contributed by atoms with Crippen LogP contribution in [0, 0.1) is 6.92 Å². The van der Waals surface area contributed by atoms with E-state index < -0.39 is 10.0 Å². The molecule has 0 aliphatic carbocycles. The zero-order chi connectivity index (χ0) is 14.0. The van der Waals surface area contributed by atoms with Crippen LogP contribution < -0.4 is 10.5 Å². The fourth-order valence-corrected chi connectivity index (χ4v) is 2.86. The minimum absolute atomic E-state index is 0.0956. The van der Waals surface area contributed by atoms with Gasteiger partial charge < -0.3 is 5.73 Å². The molecular weight excluding hydrogens is 286 g/mol. The average Bonchev–Trinajstić information content (AvgIpc) is 2.35. The van der Waals surface area contributed by atoms with E-state index in [1.807, 2.05) is 0 Å². The lowest BCUT2D eigenvalue weighted by atomic mass is 10.2. The third kappa shape index (κ3) is 2.97. The molecule has 0 atom stereocenters. The molecular formula is C12H12ClN3O2S. The third-order valence-corrected chi connectivity index (χ3v) is 4.22. The first kappa shape index (κ1) is 13.6. The average molecular weight is 298 g/mol. The van der Waals surface area contributed by atoms with Gasteiger partial charge in [-0.05, 0) is 42.8 Å². The van der Waals surface area contributed by atoms with Gasteiger partial charge in [0, 0.05) is 11.9 Å². The summed E-state index contributed by atoms with van der Waals surface area (Å²) in [6.45, 7) is 1.74. The van der Waals surface area contributed by atoms with Gasteiger partial charge in [0.1, 0.15) is 0 Å². The second-order valence-electron chi connectivity index (χ2n) is 3.97. The van der Waals surface area contributed by atoms with Crippen molar-refractivity contribution in [1.82, 2.24) is 4.98 Å². The van der Waals surface area contributed by atoms with Crippen molar-refractivity contribution in [2.45, 2.75) is 11.8 Å². The summed E-state index contributed by atoms with van der Waals surface area (Å²) in [4.78, 5) is 3.93. The maximum absolute atomic E-state index is 12.2. The lowest BCUT2D eigenvalue weighted by Crippen LogP contribution is -2.13. The number of pyridine rings is 1. The van der Waals surface area contributed by atoms with E-state index in [1.165, 1.54) is 24.4 Å². The number of benzene rings is 1. The Morgan fingerprint density at radius 3 is 2.68 bits per heavy atom. The van der Waals surface area contributed by atoms with Crippen molar-refractivity contribution in [1.29, 1.82) is 0 Å². The van der Waals surface area contributed by atoms with Crippen molar-refractivity contribution in [3.05, 3.63) is 47.2 Å². The van der Waals surface area contributed by atoms with E-state index in [4.69, 9.17) is 17.3 Å². The first-order valence-corrected chi connectivity index (χ1v) is 7.26. The van der Waals surface area contributed by atoms with Gasteiger partial charge in [-0.1, -0.05) is 11.6 Å². The quantitative estimate of drug-likeness (QED) is 0.673. The molecule has 0 unspecified atom stereocenters. The number of hydrogen-bond acceptors (Lipinski definition) is 4. The van der Waals surface area contributed by atoms with Crippen LogP contribution in [0.1, 0.15) is 5.56 Å². The van der Waals surface area contributed by atoms with Gasteiger partial charge in [-0.15, -0.1) is 0 Å². The summed E-state index contributed by atoms with van der Waals surface area (Å²) < 4.78 is 26.7.